The standard InChI is InChI=1S/C9H13N3O3/c1-6-11-4-7(9(14)15-3)12(6)5-8(13)10-2/h4H,5H2,1-3H3,(H,10,13). The maximum atomic E-state index is 11.3. The van der Waals surface area contributed by atoms with Gasteiger partial charge in [0.05, 0.1) is 13.3 Å². The van der Waals surface area contributed by atoms with Crippen molar-refractivity contribution in [1.29, 1.82) is 0 Å². The average Bonchev–Trinajstić information content (AvgIpc) is 2.59. The molecule has 0 aliphatic rings. The van der Waals surface area contributed by atoms with Gasteiger partial charge in [-0.05, 0) is 6.92 Å². The lowest BCUT2D eigenvalue weighted by Crippen LogP contribution is -2.26. The van der Waals surface area contributed by atoms with Gasteiger partial charge in [0.25, 0.3) is 0 Å². The van der Waals surface area contributed by atoms with Crippen LogP contribution in [0.1, 0.15) is 16.3 Å². The Balaban J connectivity index is 2.99. The highest BCUT2D eigenvalue weighted by Crippen LogP contribution is 2.05. The molecular formula is C9H13N3O3. The third-order valence-electron chi connectivity index (χ3n) is 2.03. The van der Waals surface area contributed by atoms with Gasteiger partial charge in [0.2, 0.25) is 5.91 Å². The molecule has 0 saturated carbocycles. The fraction of sp³-hybridized carbons (Fsp3) is 0.444. The molecule has 0 radical (unpaired) electrons. The minimum atomic E-state index is -0.500. The van der Waals surface area contributed by atoms with E-state index in [1.165, 1.54) is 24.9 Å². The Morgan fingerprint density at radius 1 is 1.60 bits per heavy atom. The molecule has 1 N–H and O–H groups in total. The van der Waals surface area contributed by atoms with E-state index in [1.54, 1.807) is 6.92 Å². The van der Waals surface area contributed by atoms with Crippen molar-refractivity contribution >= 4 is 11.9 Å². The van der Waals surface area contributed by atoms with Crippen LogP contribution in [0.5, 0.6) is 0 Å². The van der Waals surface area contributed by atoms with Crippen molar-refractivity contribution in [3.8, 4) is 0 Å². The number of carbonyl (C=O) groups is 2. The van der Waals surface area contributed by atoms with E-state index >= 15 is 0 Å². The molecule has 15 heavy (non-hydrogen) atoms. The van der Waals surface area contributed by atoms with Gasteiger partial charge in [-0.25, -0.2) is 9.78 Å². The molecule has 0 fully saturated rings. The summed E-state index contributed by atoms with van der Waals surface area (Å²) in [6.07, 6.45) is 1.39. The van der Waals surface area contributed by atoms with Crippen LogP contribution < -0.4 is 5.32 Å². The number of aryl methyl sites for hydroxylation is 1. The Kier molecular flexibility index (Phi) is 3.43. The van der Waals surface area contributed by atoms with Crippen LogP contribution in [0.4, 0.5) is 0 Å². The van der Waals surface area contributed by atoms with Crippen molar-refractivity contribution in [2.75, 3.05) is 14.2 Å². The summed E-state index contributed by atoms with van der Waals surface area (Å²) in [6.45, 7) is 1.78. The Morgan fingerprint density at radius 2 is 2.27 bits per heavy atom. The number of amides is 1. The van der Waals surface area contributed by atoms with Crippen LogP contribution in [0.2, 0.25) is 0 Å². The first-order valence-electron chi connectivity index (χ1n) is 4.41. The maximum Gasteiger partial charge on any atom is 0.356 e. The molecule has 0 unspecified atom stereocenters. The number of rotatable bonds is 3. The van der Waals surface area contributed by atoms with Crippen molar-refractivity contribution in [2.45, 2.75) is 13.5 Å². The van der Waals surface area contributed by atoms with Crippen LogP contribution in [0.25, 0.3) is 0 Å². The van der Waals surface area contributed by atoms with Crippen LogP contribution >= 0.6 is 0 Å². The predicted octanol–water partition coefficient (Wildman–Crippen LogP) is -0.276. The van der Waals surface area contributed by atoms with E-state index in [-0.39, 0.29) is 18.1 Å². The zero-order valence-electron chi connectivity index (χ0n) is 8.90. The summed E-state index contributed by atoms with van der Waals surface area (Å²) >= 11 is 0. The van der Waals surface area contributed by atoms with E-state index in [0.29, 0.717) is 5.82 Å². The van der Waals surface area contributed by atoms with Crippen LogP contribution in [-0.4, -0.2) is 35.6 Å². The number of imidazole rings is 1. The monoisotopic (exact) mass is 211 g/mol. The van der Waals surface area contributed by atoms with E-state index < -0.39 is 5.97 Å². The lowest BCUT2D eigenvalue weighted by atomic mass is 10.4. The molecule has 6 heteroatoms. The number of ether oxygens (including phenoxy) is 1. The Bertz CT molecular complexity index is 384. The summed E-state index contributed by atoms with van der Waals surface area (Å²) in [6, 6.07) is 0. The van der Waals surface area contributed by atoms with Crippen LogP contribution in [-0.2, 0) is 16.1 Å². The number of nitrogens with one attached hydrogen (secondary N) is 1. The lowest BCUT2D eigenvalue weighted by molar-refractivity contribution is -0.121. The zero-order chi connectivity index (χ0) is 11.4. The van der Waals surface area contributed by atoms with Crippen molar-refractivity contribution in [1.82, 2.24) is 14.9 Å². The van der Waals surface area contributed by atoms with Gasteiger partial charge in [-0.1, -0.05) is 0 Å². The molecule has 0 bridgehead atoms. The molecule has 6 nitrogen and oxygen atoms in total. The minimum Gasteiger partial charge on any atom is -0.464 e. The third kappa shape index (κ3) is 2.34. The number of esters is 1. The molecule has 1 aromatic heterocycles. The normalized spacial score (nSPS) is 9.80. The number of methoxy groups -OCH3 is 1. The van der Waals surface area contributed by atoms with E-state index in [1.807, 2.05) is 0 Å². The van der Waals surface area contributed by atoms with E-state index in [4.69, 9.17) is 0 Å². The third-order valence-corrected chi connectivity index (χ3v) is 2.03. The Morgan fingerprint density at radius 3 is 2.80 bits per heavy atom. The molecular weight excluding hydrogens is 198 g/mol. The number of nitrogens with zero attached hydrogens (tertiary/aromatic N) is 2. The lowest BCUT2D eigenvalue weighted by Gasteiger charge is -2.07. The largest absolute Gasteiger partial charge is 0.464 e. The fourth-order valence-corrected chi connectivity index (χ4v) is 1.16. The number of aromatic nitrogens is 2. The van der Waals surface area contributed by atoms with Gasteiger partial charge in [0.15, 0.2) is 0 Å². The molecule has 0 aromatic carbocycles. The molecule has 1 aromatic rings. The summed E-state index contributed by atoms with van der Waals surface area (Å²) in [5, 5.41) is 2.47. The van der Waals surface area contributed by atoms with Gasteiger partial charge >= 0.3 is 5.97 Å². The van der Waals surface area contributed by atoms with Crippen LogP contribution in [0.15, 0.2) is 6.20 Å². The SMILES string of the molecule is CNC(=O)Cn1c(C(=O)OC)cnc1C. The average molecular weight is 211 g/mol. The molecule has 0 atom stereocenters. The second-order valence-electron chi connectivity index (χ2n) is 2.94. The highest BCUT2D eigenvalue weighted by atomic mass is 16.5. The fourth-order valence-electron chi connectivity index (χ4n) is 1.16. The highest BCUT2D eigenvalue weighted by molar-refractivity contribution is 5.88. The summed E-state index contributed by atoms with van der Waals surface area (Å²) in [5.41, 5.74) is 0.276. The van der Waals surface area contributed by atoms with Crippen molar-refractivity contribution in [2.24, 2.45) is 0 Å². The first-order valence-corrected chi connectivity index (χ1v) is 4.41. The highest BCUT2D eigenvalue weighted by Gasteiger charge is 2.16. The molecule has 82 valence electrons. The number of hydrogen-bond acceptors (Lipinski definition) is 4. The van der Waals surface area contributed by atoms with E-state index in [2.05, 4.69) is 15.0 Å². The number of likely N-dealkylation sites (N-methyl/N-ethyl adjacent to an activating group) is 1. The molecule has 1 amide bonds. The van der Waals surface area contributed by atoms with Gasteiger partial charge in [0, 0.05) is 7.05 Å². The van der Waals surface area contributed by atoms with Crippen LogP contribution in [0.3, 0.4) is 0 Å². The Hall–Kier alpha value is -1.85. The minimum absolute atomic E-state index is 0.0623. The first-order chi connectivity index (χ1) is 7.10. The quantitative estimate of drug-likeness (QED) is 0.698. The zero-order valence-corrected chi connectivity index (χ0v) is 8.90. The molecule has 1 rings (SSSR count). The Labute approximate surface area is 87.2 Å². The topological polar surface area (TPSA) is 73.2 Å². The van der Waals surface area contributed by atoms with Gasteiger partial charge in [-0.3, -0.25) is 4.79 Å². The molecule has 0 aliphatic carbocycles. The second-order valence-corrected chi connectivity index (χ2v) is 2.94. The summed E-state index contributed by atoms with van der Waals surface area (Å²) in [7, 11) is 2.82. The molecule has 1 heterocycles. The second kappa shape index (κ2) is 4.59. The number of carbonyl (C=O) groups excluding carboxylic acids is 2. The predicted molar refractivity (Wildman–Crippen MR) is 52.4 cm³/mol. The van der Waals surface area contributed by atoms with E-state index in [9.17, 15) is 9.59 Å². The molecule has 0 aliphatic heterocycles. The maximum absolute atomic E-state index is 11.3. The summed E-state index contributed by atoms with van der Waals surface area (Å²) < 4.78 is 6.08. The van der Waals surface area contributed by atoms with Crippen molar-refractivity contribution in [3.63, 3.8) is 0 Å². The van der Waals surface area contributed by atoms with Gasteiger partial charge < -0.3 is 14.6 Å². The molecule has 0 spiro atoms. The van der Waals surface area contributed by atoms with Gasteiger partial charge in [0.1, 0.15) is 18.1 Å². The van der Waals surface area contributed by atoms with E-state index in [0.717, 1.165) is 0 Å². The molecule has 0 saturated heterocycles. The number of hydrogen-bond donors (Lipinski definition) is 1. The van der Waals surface area contributed by atoms with Crippen molar-refractivity contribution in [3.05, 3.63) is 17.7 Å². The van der Waals surface area contributed by atoms with Crippen molar-refractivity contribution < 1.29 is 14.3 Å². The van der Waals surface area contributed by atoms with Crippen LogP contribution in [0, 0.1) is 6.92 Å². The van der Waals surface area contributed by atoms with Gasteiger partial charge in [-0.2, -0.15) is 0 Å². The van der Waals surface area contributed by atoms with Gasteiger partial charge in [-0.15, -0.1) is 0 Å². The summed E-state index contributed by atoms with van der Waals surface area (Å²) in [5.74, 6) is -0.0974. The summed E-state index contributed by atoms with van der Waals surface area (Å²) in [4.78, 5) is 26.4. The first kappa shape index (κ1) is 11.2. The smallest absolute Gasteiger partial charge is 0.356 e.